The van der Waals surface area contributed by atoms with Gasteiger partial charge in [-0.2, -0.15) is 0 Å². The van der Waals surface area contributed by atoms with Crippen molar-refractivity contribution < 1.29 is 0 Å². The lowest BCUT2D eigenvalue weighted by atomic mass is 10.1. The Morgan fingerprint density at radius 3 is 2.31 bits per heavy atom. The molecule has 0 bridgehead atoms. The minimum absolute atomic E-state index is 0.786. The standard InChI is InChI=1S/C23H20ClNS/c1-17-6-8-18(9-7-17)14-25-15-23(21-4-2-3-5-22(21)25)26-16-19-10-12-20(24)13-11-19/h2-13,15H,14,16H2,1H3. The smallest absolute Gasteiger partial charge is 0.0495 e. The van der Waals surface area contributed by atoms with Crippen molar-refractivity contribution in [2.24, 2.45) is 0 Å². The Bertz CT molecular complexity index is 1020. The Hall–Kier alpha value is -2.16. The van der Waals surface area contributed by atoms with Gasteiger partial charge in [0.1, 0.15) is 0 Å². The molecule has 0 aliphatic carbocycles. The predicted molar refractivity (Wildman–Crippen MR) is 113 cm³/mol. The number of benzene rings is 3. The highest BCUT2D eigenvalue weighted by Crippen LogP contribution is 2.32. The summed E-state index contributed by atoms with van der Waals surface area (Å²) >= 11 is 7.87. The zero-order valence-electron chi connectivity index (χ0n) is 14.7. The van der Waals surface area contributed by atoms with Crippen molar-refractivity contribution in [3.63, 3.8) is 0 Å². The Morgan fingerprint density at radius 1 is 0.846 bits per heavy atom. The van der Waals surface area contributed by atoms with Crippen LogP contribution in [-0.2, 0) is 12.3 Å². The molecule has 3 aromatic carbocycles. The molecule has 0 saturated carbocycles. The van der Waals surface area contributed by atoms with Crippen molar-refractivity contribution in [3.8, 4) is 0 Å². The molecule has 0 atom stereocenters. The molecular weight excluding hydrogens is 358 g/mol. The van der Waals surface area contributed by atoms with Gasteiger partial charge >= 0.3 is 0 Å². The van der Waals surface area contributed by atoms with E-state index in [-0.39, 0.29) is 0 Å². The summed E-state index contributed by atoms with van der Waals surface area (Å²) in [5.74, 6) is 0.940. The van der Waals surface area contributed by atoms with E-state index < -0.39 is 0 Å². The lowest BCUT2D eigenvalue weighted by molar-refractivity contribution is 0.829. The third kappa shape index (κ3) is 3.82. The number of thioether (sulfide) groups is 1. The van der Waals surface area contributed by atoms with E-state index in [4.69, 9.17) is 11.6 Å². The average molecular weight is 378 g/mol. The fraction of sp³-hybridized carbons (Fsp3) is 0.130. The molecule has 0 fully saturated rings. The lowest BCUT2D eigenvalue weighted by Crippen LogP contribution is -1.97. The van der Waals surface area contributed by atoms with Crippen LogP contribution in [0.3, 0.4) is 0 Å². The van der Waals surface area contributed by atoms with Crippen LogP contribution in [-0.4, -0.2) is 4.57 Å². The summed E-state index contributed by atoms with van der Waals surface area (Å²) in [5, 5.41) is 2.10. The summed E-state index contributed by atoms with van der Waals surface area (Å²) in [4.78, 5) is 1.32. The van der Waals surface area contributed by atoms with Gasteiger partial charge < -0.3 is 4.57 Å². The van der Waals surface area contributed by atoms with Crippen molar-refractivity contribution in [1.29, 1.82) is 0 Å². The molecule has 0 aliphatic rings. The van der Waals surface area contributed by atoms with Crippen molar-refractivity contribution >= 4 is 34.3 Å². The second-order valence-corrected chi connectivity index (χ2v) is 7.99. The number of hydrogen-bond donors (Lipinski definition) is 0. The highest BCUT2D eigenvalue weighted by atomic mass is 35.5. The van der Waals surface area contributed by atoms with Crippen molar-refractivity contribution in [3.05, 3.63) is 101 Å². The second-order valence-electron chi connectivity index (χ2n) is 6.54. The average Bonchev–Trinajstić information content (AvgIpc) is 3.01. The summed E-state index contributed by atoms with van der Waals surface area (Å²) < 4.78 is 2.35. The van der Waals surface area contributed by atoms with Crippen LogP contribution in [0.2, 0.25) is 5.02 Å². The van der Waals surface area contributed by atoms with Gasteiger partial charge in [0, 0.05) is 39.3 Å². The summed E-state index contributed by atoms with van der Waals surface area (Å²) in [6, 6.07) is 25.5. The number of halogens is 1. The molecule has 130 valence electrons. The lowest BCUT2D eigenvalue weighted by Gasteiger charge is -2.06. The topological polar surface area (TPSA) is 4.93 Å². The molecule has 4 rings (SSSR count). The van der Waals surface area contributed by atoms with Gasteiger partial charge in [-0.1, -0.05) is 71.8 Å². The molecule has 0 saturated heterocycles. The van der Waals surface area contributed by atoms with Gasteiger partial charge in [0.05, 0.1) is 0 Å². The highest BCUT2D eigenvalue weighted by Gasteiger charge is 2.09. The van der Waals surface area contributed by atoms with Crippen LogP contribution in [0, 0.1) is 6.92 Å². The van der Waals surface area contributed by atoms with Gasteiger partial charge in [-0.15, -0.1) is 11.8 Å². The molecule has 0 N–H and O–H groups in total. The van der Waals surface area contributed by atoms with Crippen molar-refractivity contribution in [2.75, 3.05) is 0 Å². The van der Waals surface area contributed by atoms with Crippen LogP contribution in [0.1, 0.15) is 16.7 Å². The third-order valence-electron chi connectivity index (χ3n) is 4.53. The minimum atomic E-state index is 0.786. The van der Waals surface area contributed by atoms with Crippen LogP contribution < -0.4 is 0 Å². The predicted octanol–water partition coefficient (Wildman–Crippen LogP) is 6.94. The first kappa shape index (κ1) is 17.3. The molecular formula is C23H20ClNS. The maximum absolute atomic E-state index is 5.99. The maximum atomic E-state index is 5.99. The Labute approximate surface area is 163 Å². The fourth-order valence-corrected chi connectivity index (χ4v) is 4.26. The molecule has 0 spiro atoms. The van der Waals surface area contributed by atoms with Crippen LogP contribution in [0.25, 0.3) is 10.9 Å². The van der Waals surface area contributed by atoms with E-state index in [1.54, 1.807) is 0 Å². The zero-order chi connectivity index (χ0) is 17.9. The van der Waals surface area contributed by atoms with Gasteiger partial charge in [0.15, 0.2) is 0 Å². The summed E-state index contributed by atoms with van der Waals surface area (Å²) in [5.41, 5.74) is 5.19. The summed E-state index contributed by atoms with van der Waals surface area (Å²) in [6.45, 7) is 3.02. The summed E-state index contributed by atoms with van der Waals surface area (Å²) in [7, 11) is 0. The Balaban J connectivity index is 1.60. The van der Waals surface area contributed by atoms with E-state index in [0.29, 0.717) is 0 Å². The molecule has 1 heterocycles. The maximum Gasteiger partial charge on any atom is 0.0495 e. The van der Waals surface area contributed by atoms with E-state index in [0.717, 1.165) is 17.3 Å². The first-order chi connectivity index (χ1) is 12.7. The third-order valence-corrected chi connectivity index (χ3v) is 5.90. The molecule has 26 heavy (non-hydrogen) atoms. The molecule has 1 nitrogen and oxygen atoms in total. The number of para-hydroxylation sites is 1. The van der Waals surface area contributed by atoms with Gasteiger partial charge in [-0.3, -0.25) is 0 Å². The Morgan fingerprint density at radius 2 is 1.54 bits per heavy atom. The monoisotopic (exact) mass is 377 g/mol. The van der Waals surface area contributed by atoms with Crippen LogP contribution in [0.4, 0.5) is 0 Å². The van der Waals surface area contributed by atoms with Crippen LogP contribution in [0.5, 0.6) is 0 Å². The number of rotatable bonds is 5. The van der Waals surface area contributed by atoms with E-state index in [2.05, 4.69) is 78.4 Å². The molecule has 3 heteroatoms. The van der Waals surface area contributed by atoms with Crippen LogP contribution in [0.15, 0.2) is 83.9 Å². The normalized spacial score (nSPS) is 11.2. The first-order valence-corrected chi connectivity index (χ1v) is 10.1. The van der Waals surface area contributed by atoms with E-state index >= 15 is 0 Å². The molecule has 0 radical (unpaired) electrons. The SMILES string of the molecule is Cc1ccc(Cn2cc(SCc3ccc(Cl)cc3)c3ccccc32)cc1. The zero-order valence-corrected chi connectivity index (χ0v) is 16.2. The Kier molecular flexibility index (Phi) is 5.05. The van der Waals surface area contributed by atoms with Gasteiger partial charge in [0.2, 0.25) is 0 Å². The van der Waals surface area contributed by atoms with Crippen molar-refractivity contribution in [1.82, 2.24) is 4.57 Å². The number of fused-ring (bicyclic) bond motifs is 1. The van der Waals surface area contributed by atoms with Gasteiger partial charge in [0.25, 0.3) is 0 Å². The number of aromatic nitrogens is 1. The highest BCUT2D eigenvalue weighted by molar-refractivity contribution is 7.98. The number of hydrogen-bond acceptors (Lipinski definition) is 1. The number of aryl methyl sites for hydroxylation is 1. The molecule has 4 aromatic rings. The van der Waals surface area contributed by atoms with Crippen LogP contribution >= 0.6 is 23.4 Å². The van der Waals surface area contributed by atoms with E-state index in [9.17, 15) is 0 Å². The van der Waals surface area contributed by atoms with E-state index in [1.807, 2.05) is 23.9 Å². The van der Waals surface area contributed by atoms with E-state index in [1.165, 1.54) is 32.5 Å². The molecule has 0 amide bonds. The first-order valence-electron chi connectivity index (χ1n) is 8.70. The second kappa shape index (κ2) is 7.61. The molecule has 1 aromatic heterocycles. The minimum Gasteiger partial charge on any atom is -0.342 e. The van der Waals surface area contributed by atoms with Gasteiger partial charge in [-0.05, 0) is 36.2 Å². The molecule has 0 unspecified atom stereocenters. The van der Waals surface area contributed by atoms with Crippen molar-refractivity contribution in [2.45, 2.75) is 24.1 Å². The fourth-order valence-electron chi connectivity index (χ4n) is 3.09. The quantitative estimate of drug-likeness (QED) is 0.341. The largest absolute Gasteiger partial charge is 0.342 e. The molecule has 0 aliphatic heterocycles. The summed E-state index contributed by atoms with van der Waals surface area (Å²) in [6.07, 6.45) is 2.28. The van der Waals surface area contributed by atoms with Gasteiger partial charge in [-0.25, -0.2) is 0 Å². The number of nitrogens with zero attached hydrogens (tertiary/aromatic N) is 1.